The Kier molecular flexibility index (Phi) is 3.93. The number of rotatable bonds is 3. The average molecular weight is 221 g/mol. The van der Waals surface area contributed by atoms with Gasteiger partial charge in [-0.15, -0.1) is 0 Å². The second-order valence-electron chi connectivity index (χ2n) is 4.30. The third-order valence-corrected chi connectivity index (χ3v) is 3.24. The second-order valence-corrected chi connectivity index (χ2v) is 4.30. The molecule has 1 aliphatic rings. The van der Waals surface area contributed by atoms with Crippen LogP contribution >= 0.6 is 0 Å². The molecule has 16 heavy (non-hydrogen) atoms. The fourth-order valence-corrected chi connectivity index (χ4v) is 2.16. The zero-order valence-corrected chi connectivity index (χ0v) is 9.43. The molecule has 1 aromatic rings. The van der Waals surface area contributed by atoms with E-state index in [-0.39, 0.29) is 6.54 Å². The van der Waals surface area contributed by atoms with Crippen LogP contribution in [0.1, 0.15) is 36.0 Å². The predicted molar refractivity (Wildman–Crippen MR) is 63.3 cm³/mol. The van der Waals surface area contributed by atoms with Crippen LogP contribution in [0.4, 0.5) is 0 Å². The van der Waals surface area contributed by atoms with Gasteiger partial charge in [-0.2, -0.15) is 0 Å². The van der Waals surface area contributed by atoms with Crippen molar-refractivity contribution in [3.8, 4) is 0 Å². The van der Waals surface area contributed by atoms with E-state index in [2.05, 4.69) is 12.1 Å². The lowest BCUT2D eigenvalue weighted by molar-refractivity contribution is 0.0853. The second kappa shape index (κ2) is 5.43. The van der Waals surface area contributed by atoms with Gasteiger partial charge in [-0.25, -0.2) is 0 Å². The van der Waals surface area contributed by atoms with Gasteiger partial charge >= 0.3 is 0 Å². The molecule has 1 saturated heterocycles. The lowest BCUT2D eigenvalue weighted by Crippen LogP contribution is -2.14. The molecule has 1 heterocycles. The van der Waals surface area contributed by atoms with Gasteiger partial charge in [-0.3, -0.25) is 0 Å². The smallest absolute Gasteiger partial charge is 0.0912 e. The molecule has 3 heteroatoms. The van der Waals surface area contributed by atoms with E-state index in [0.717, 1.165) is 31.6 Å². The lowest BCUT2D eigenvalue weighted by atomic mass is 9.91. The number of aliphatic hydroxyl groups is 1. The molecule has 0 aromatic heterocycles. The summed E-state index contributed by atoms with van der Waals surface area (Å²) in [7, 11) is 0. The maximum Gasteiger partial charge on any atom is 0.0912 e. The number of aliphatic hydroxyl groups excluding tert-OH is 1. The number of hydrogen-bond acceptors (Lipinski definition) is 3. The van der Waals surface area contributed by atoms with Crippen LogP contribution in [0.5, 0.6) is 0 Å². The van der Waals surface area contributed by atoms with Crippen LogP contribution in [0, 0.1) is 0 Å². The number of nitrogens with two attached hydrogens (primary N) is 1. The first kappa shape index (κ1) is 11.6. The highest BCUT2D eigenvalue weighted by Gasteiger charge is 2.16. The molecule has 0 bridgehead atoms. The largest absolute Gasteiger partial charge is 0.387 e. The van der Waals surface area contributed by atoms with Crippen molar-refractivity contribution in [1.29, 1.82) is 0 Å². The first-order chi connectivity index (χ1) is 7.81. The van der Waals surface area contributed by atoms with Crippen LogP contribution in [0.25, 0.3) is 0 Å². The molecule has 0 saturated carbocycles. The van der Waals surface area contributed by atoms with Crippen molar-refractivity contribution < 1.29 is 9.84 Å². The SMILES string of the molecule is NCC(O)c1ccc(C2CCOCC2)cc1. The monoisotopic (exact) mass is 221 g/mol. The van der Waals surface area contributed by atoms with Crippen molar-refractivity contribution in [3.05, 3.63) is 35.4 Å². The van der Waals surface area contributed by atoms with Crippen LogP contribution in [0.2, 0.25) is 0 Å². The zero-order valence-electron chi connectivity index (χ0n) is 9.43. The molecule has 1 fully saturated rings. The Morgan fingerprint density at radius 2 is 1.88 bits per heavy atom. The minimum Gasteiger partial charge on any atom is -0.387 e. The van der Waals surface area contributed by atoms with Crippen molar-refractivity contribution in [3.63, 3.8) is 0 Å². The Morgan fingerprint density at radius 1 is 1.25 bits per heavy atom. The molecule has 2 rings (SSSR count). The van der Waals surface area contributed by atoms with Gasteiger partial charge in [0.25, 0.3) is 0 Å². The molecule has 0 spiro atoms. The minimum atomic E-state index is -0.538. The molecule has 1 unspecified atom stereocenters. The first-order valence-electron chi connectivity index (χ1n) is 5.87. The first-order valence-corrected chi connectivity index (χ1v) is 5.87. The summed E-state index contributed by atoms with van der Waals surface area (Å²) in [5.41, 5.74) is 7.66. The molecule has 88 valence electrons. The lowest BCUT2D eigenvalue weighted by Gasteiger charge is -2.22. The van der Waals surface area contributed by atoms with Gasteiger partial charge in [0.2, 0.25) is 0 Å². The molecular weight excluding hydrogens is 202 g/mol. The summed E-state index contributed by atoms with van der Waals surface area (Å²) in [5, 5.41) is 9.59. The number of ether oxygens (including phenoxy) is 1. The van der Waals surface area contributed by atoms with Crippen LogP contribution in [-0.4, -0.2) is 24.9 Å². The molecule has 1 aliphatic heterocycles. The van der Waals surface area contributed by atoms with Crippen molar-refractivity contribution >= 4 is 0 Å². The maximum absolute atomic E-state index is 9.59. The van der Waals surface area contributed by atoms with Gasteiger partial charge in [0, 0.05) is 19.8 Å². The van der Waals surface area contributed by atoms with E-state index in [1.54, 1.807) is 0 Å². The van der Waals surface area contributed by atoms with E-state index < -0.39 is 6.10 Å². The third-order valence-electron chi connectivity index (χ3n) is 3.24. The van der Waals surface area contributed by atoms with Gasteiger partial charge in [-0.05, 0) is 29.9 Å². The molecule has 1 aromatic carbocycles. The highest BCUT2D eigenvalue weighted by molar-refractivity contribution is 5.27. The van der Waals surface area contributed by atoms with E-state index >= 15 is 0 Å². The molecule has 3 nitrogen and oxygen atoms in total. The van der Waals surface area contributed by atoms with Crippen molar-refractivity contribution in [2.24, 2.45) is 5.73 Å². The normalized spacial score (nSPS) is 19.6. The Labute approximate surface area is 96.2 Å². The van der Waals surface area contributed by atoms with Crippen molar-refractivity contribution in [2.75, 3.05) is 19.8 Å². The summed E-state index contributed by atoms with van der Waals surface area (Å²) in [6, 6.07) is 8.15. The fourth-order valence-electron chi connectivity index (χ4n) is 2.16. The van der Waals surface area contributed by atoms with E-state index in [9.17, 15) is 5.11 Å². The average Bonchev–Trinajstić information content (AvgIpc) is 2.39. The number of hydrogen-bond donors (Lipinski definition) is 2. The number of benzene rings is 1. The summed E-state index contributed by atoms with van der Waals surface area (Å²) < 4.78 is 5.34. The van der Waals surface area contributed by atoms with Crippen molar-refractivity contribution in [2.45, 2.75) is 24.9 Å². The maximum atomic E-state index is 9.59. The highest BCUT2D eigenvalue weighted by Crippen LogP contribution is 2.27. The fraction of sp³-hybridized carbons (Fsp3) is 0.538. The molecular formula is C13H19NO2. The molecule has 1 atom stereocenters. The van der Waals surface area contributed by atoms with E-state index in [1.807, 2.05) is 12.1 Å². The van der Waals surface area contributed by atoms with Gasteiger partial charge in [0.1, 0.15) is 0 Å². The molecule has 0 amide bonds. The Bertz CT molecular complexity index is 317. The quantitative estimate of drug-likeness (QED) is 0.814. The Balaban J connectivity index is 2.06. The molecule has 0 aliphatic carbocycles. The Hall–Kier alpha value is -0.900. The summed E-state index contributed by atoms with van der Waals surface area (Å²) in [4.78, 5) is 0. The van der Waals surface area contributed by atoms with E-state index in [4.69, 9.17) is 10.5 Å². The third kappa shape index (κ3) is 2.61. The summed E-state index contributed by atoms with van der Waals surface area (Å²) in [5.74, 6) is 0.609. The zero-order chi connectivity index (χ0) is 11.4. The summed E-state index contributed by atoms with van der Waals surface area (Å²) >= 11 is 0. The van der Waals surface area contributed by atoms with E-state index in [0.29, 0.717) is 5.92 Å². The van der Waals surface area contributed by atoms with E-state index in [1.165, 1.54) is 5.56 Å². The van der Waals surface area contributed by atoms with Crippen LogP contribution in [0.15, 0.2) is 24.3 Å². The minimum absolute atomic E-state index is 0.274. The van der Waals surface area contributed by atoms with Gasteiger partial charge in [-0.1, -0.05) is 24.3 Å². The van der Waals surface area contributed by atoms with Crippen molar-refractivity contribution in [1.82, 2.24) is 0 Å². The molecule has 0 radical (unpaired) electrons. The van der Waals surface area contributed by atoms with Gasteiger partial charge in [0.05, 0.1) is 6.10 Å². The van der Waals surface area contributed by atoms with Crippen LogP contribution < -0.4 is 5.73 Å². The van der Waals surface area contributed by atoms with Crippen LogP contribution in [-0.2, 0) is 4.74 Å². The topological polar surface area (TPSA) is 55.5 Å². The molecule has 3 N–H and O–H groups in total. The van der Waals surface area contributed by atoms with Gasteiger partial charge < -0.3 is 15.6 Å². The van der Waals surface area contributed by atoms with Gasteiger partial charge in [0.15, 0.2) is 0 Å². The Morgan fingerprint density at radius 3 is 2.44 bits per heavy atom. The summed E-state index contributed by atoms with van der Waals surface area (Å²) in [6.07, 6.45) is 1.65. The summed E-state index contributed by atoms with van der Waals surface area (Å²) in [6.45, 7) is 1.99. The highest BCUT2D eigenvalue weighted by atomic mass is 16.5. The predicted octanol–water partition coefficient (Wildman–Crippen LogP) is 1.57. The standard InChI is InChI=1S/C13H19NO2/c14-9-13(15)12-3-1-10(2-4-12)11-5-7-16-8-6-11/h1-4,11,13,15H,5-9,14H2. The van der Waals surface area contributed by atoms with Crippen LogP contribution in [0.3, 0.4) is 0 Å².